The molecule has 1 aliphatic heterocycles. The van der Waals surface area contributed by atoms with Crippen LogP contribution in [0.25, 0.3) is 0 Å². The summed E-state index contributed by atoms with van der Waals surface area (Å²) in [4.78, 5) is 22.6. The zero-order valence-electron chi connectivity index (χ0n) is 9.71. The molecule has 1 aliphatic rings. The highest BCUT2D eigenvalue weighted by atomic mass is 16.6. The van der Waals surface area contributed by atoms with E-state index in [1.807, 2.05) is 18.2 Å². The van der Waals surface area contributed by atoms with E-state index in [2.05, 4.69) is 5.32 Å². The Morgan fingerprint density at radius 1 is 1.29 bits per heavy atom. The molecule has 1 amide bonds. The molecule has 0 aromatic heterocycles. The highest BCUT2D eigenvalue weighted by Gasteiger charge is 2.57. The Labute approximate surface area is 99.0 Å². The van der Waals surface area contributed by atoms with E-state index in [1.165, 1.54) is 0 Å². The molecule has 90 valence electrons. The summed E-state index contributed by atoms with van der Waals surface area (Å²) in [5.74, 6) is -0.270. The fourth-order valence-electron chi connectivity index (χ4n) is 2.27. The summed E-state index contributed by atoms with van der Waals surface area (Å²) in [5, 5.41) is 13.9. The first-order chi connectivity index (χ1) is 7.94. The van der Waals surface area contributed by atoms with Crippen molar-refractivity contribution in [1.29, 1.82) is 0 Å². The number of hydrogen-bond donors (Lipinski definition) is 1. The Balaban J connectivity index is 2.42. The fraction of sp³-hybridized carbons (Fsp3) is 0.417. The zero-order chi connectivity index (χ0) is 12.6. The van der Waals surface area contributed by atoms with Crippen molar-refractivity contribution >= 4 is 5.91 Å². The Kier molecular flexibility index (Phi) is 2.61. The normalized spacial score (nSPS) is 26.6. The van der Waals surface area contributed by atoms with Crippen LogP contribution in [0, 0.1) is 15.5 Å². The number of carbonyl (C=O) groups excluding carboxylic acids is 1. The average molecular weight is 234 g/mol. The van der Waals surface area contributed by atoms with Crippen molar-refractivity contribution in [1.82, 2.24) is 5.32 Å². The van der Waals surface area contributed by atoms with Gasteiger partial charge in [-0.2, -0.15) is 0 Å². The molecule has 1 aromatic carbocycles. The monoisotopic (exact) mass is 234 g/mol. The van der Waals surface area contributed by atoms with E-state index in [9.17, 15) is 14.9 Å². The first-order valence-electron chi connectivity index (χ1n) is 5.44. The number of rotatable bonds is 2. The van der Waals surface area contributed by atoms with Crippen LogP contribution < -0.4 is 5.32 Å². The van der Waals surface area contributed by atoms with E-state index in [4.69, 9.17) is 0 Å². The minimum absolute atomic E-state index is 0.270. The molecule has 0 radical (unpaired) electrons. The second kappa shape index (κ2) is 3.84. The largest absolute Gasteiger partial charge is 0.342 e. The van der Waals surface area contributed by atoms with E-state index < -0.39 is 17.5 Å². The van der Waals surface area contributed by atoms with Crippen LogP contribution in [0.15, 0.2) is 30.3 Å². The van der Waals surface area contributed by atoms with Gasteiger partial charge < -0.3 is 5.32 Å². The summed E-state index contributed by atoms with van der Waals surface area (Å²) in [5.41, 5.74) is -0.211. The number of nitrogens with zero attached hydrogens (tertiary/aromatic N) is 1. The molecule has 2 rings (SSSR count). The molecule has 17 heavy (non-hydrogen) atoms. The van der Waals surface area contributed by atoms with Gasteiger partial charge in [0.15, 0.2) is 0 Å². The summed E-state index contributed by atoms with van der Waals surface area (Å²) in [6.07, 6.45) is 0. The number of nitro groups is 1. The molecular weight excluding hydrogens is 220 g/mol. The number of nitrogens with one attached hydrogen (secondary N) is 1. The van der Waals surface area contributed by atoms with Crippen molar-refractivity contribution < 1.29 is 9.72 Å². The van der Waals surface area contributed by atoms with E-state index in [0.29, 0.717) is 0 Å². The molecule has 1 aromatic rings. The molecule has 1 fully saturated rings. The van der Waals surface area contributed by atoms with Gasteiger partial charge in [0.05, 0.1) is 0 Å². The predicted molar refractivity (Wildman–Crippen MR) is 61.9 cm³/mol. The van der Waals surface area contributed by atoms with E-state index >= 15 is 0 Å². The lowest BCUT2D eigenvalue weighted by atomic mass is 9.83. The van der Waals surface area contributed by atoms with Crippen molar-refractivity contribution in [3.05, 3.63) is 46.0 Å². The molecule has 1 heterocycles. The minimum atomic E-state index is -0.982. The molecule has 5 heteroatoms. The van der Waals surface area contributed by atoms with Crippen LogP contribution in [-0.2, 0) is 4.79 Å². The van der Waals surface area contributed by atoms with Gasteiger partial charge in [0.25, 0.3) is 6.04 Å². The SMILES string of the molecule is CC1(C)C(=O)N[C@@H](c2ccccc2)[C@@H]1[N+](=O)[O-]. The van der Waals surface area contributed by atoms with E-state index in [-0.39, 0.29) is 10.8 Å². The minimum Gasteiger partial charge on any atom is -0.342 e. The summed E-state index contributed by atoms with van der Waals surface area (Å²) in [6.45, 7) is 3.22. The Morgan fingerprint density at radius 2 is 1.88 bits per heavy atom. The molecule has 2 atom stereocenters. The Morgan fingerprint density at radius 3 is 2.41 bits per heavy atom. The number of carbonyl (C=O) groups is 1. The molecule has 1 saturated heterocycles. The molecular formula is C12H14N2O3. The maximum Gasteiger partial charge on any atom is 0.250 e. The quantitative estimate of drug-likeness (QED) is 0.623. The zero-order valence-corrected chi connectivity index (χ0v) is 9.71. The van der Waals surface area contributed by atoms with Gasteiger partial charge in [-0.25, -0.2) is 0 Å². The van der Waals surface area contributed by atoms with Crippen LogP contribution in [0.3, 0.4) is 0 Å². The van der Waals surface area contributed by atoms with Crippen LogP contribution in [0.2, 0.25) is 0 Å². The van der Waals surface area contributed by atoms with Crippen LogP contribution in [0.4, 0.5) is 0 Å². The van der Waals surface area contributed by atoms with Gasteiger partial charge in [-0.15, -0.1) is 0 Å². The molecule has 5 nitrogen and oxygen atoms in total. The second-order valence-corrected chi connectivity index (χ2v) is 4.81. The lowest BCUT2D eigenvalue weighted by Crippen LogP contribution is -2.37. The van der Waals surface area contributed by atoms with Gasteiger partial charge in [-0.05, 0) is 19.4 Å². The average Bonchev–Trinajstić information content (AvgIpc) is 2.51. The van der Waals surface area contributed by atoms with Crippen molar-refractivity contribution in [3.8, 4) is 0 Å². The van der Waals surface area contributed by atoms with Gasteiger partial charge in [-0.1, -0.05) is 30.3 Å². The first-order valence-corrected chi connectivity index (χ1v) is 5.44. The number of hydrogen-bond acceptors (Lipinski definition) is 3. The highest BCUT2D eigenvalue weighted by molar-refractivity contribution is 5.85. The molecule has 0 unspecified atom stereocenters. The molecule has 0 saturated carbocycles. The van der Waals surface area contributed by atoms with Gasteiger partial charge in [0, 0.05) is 4.92 Å². The third-order valence-corrected chi connectivity index (χ3v) is 3.31. The van der Waals surface area contributed by atoms with Gasteiger partial charge in [-0.3, -0.25) is 14.9 Å². The number of benzene rings is 1. The molecule has 0 aliphatic carbocycles. The van der Waals surface area contributed by atoms with Gasteiger partial charge >= 0.3 is 0 Å². The third kappa shape index (κ3) is 1.77. The van der Waals surface area contributed by atoms with Crippen molar-refractivity contribution in [3.63, 3.8) is 0 Å². The van der Waals surface area contributed by atoms with Crippen LogP contribution in [-0.4, -0.2) is 16.9 Å². The van der Waals surface area contributed by atoms with Crippen molar-refractivity contribution in [2.75, 3.05) is 0 Å². The highest BCUT2D eigenvalue weighted by Crippen LogP contribution is 2.38. The molecule has 0 bridgehead atoms. The molecule has 0 spiro atoms. The molecule has 1 N–H and O–H groups in total. The third-order valence-electron chi connectivity index (χ3n) is 3.31. The number of amides is 1. The smallest absolute Gasteiger partial charge is 0.250 e. The Bertz CT molecular complexity index is 456. The summed E-state index contributed by atoms with van der Waals surface area (Å²) < 4.78 is 0. The van der Waals surface area contributed by atoms with Crippen LogP contribution in [0.5, 0.6) is 0 Å². The van der Waals surface area contributed by atoms with Crippen LogP contribution in [0.1, 0.15) is 25.5 Å². The first kappa shape index (κ1) is 11.6. The maximum atomic E-state index is 11.8. The fourth-order valence-corrected chi connectivity index (χ4v) is 2.27. The topological polar surface area (TPSA) is 72.2 Å². The second-order valence-electron chi connectivity index (χ2n) is 4.81. The summed E-state index contributed by atoms with van der Waals surface area (Å²) >= 11 is 0. The standard InChI is InChI=1S/C12H14N2O3/c1-12(2)10(14(16)17)9(13-11(12)15)8-6-4-3-5-7-8/h3-7,9-10H,1-2H3,(H,13,15)/t9-,10-/m0/s1. The van der Waals surface area contributed by atoms with E-state index in [1.54, 1.807) is 26.0 Å². The maximum absolute atomic E-state index is 11.8. The van der Waals surface area contributed by atoms with Crippen molar-refractivity contribution in [2.45, 2.75) is 25.9 Å². The predicted octanol–water partition coefficient (Wildman–Crippen LogP) is 1.53. The van der Waals surface area contributed by atoms with E-state index in [0.717, 1.165) is 5.56 Å². The van der Waals surface area contributed by atoms with Crippen molar-refractivity contribution in [2.24, 2.45) is 5.41 Å². The lowest BCUT2D eigenvalue weighted by molar-refractivity contribution is -0.538. The lowest BCUT2D eigenvalue weighted by Gasteiger charge is -2.19. The summed E-state index contributed by atoms with van der Waals surface area (Å²) in [7, 11) is 0. The Hall–Kier alpha value is -1.91. The van der Waals surface area contributed by atoms with Gasteiger partial charge in [0.2, 0.25) is 5.91 Å². The summed E-state index contributed by atoms with van der Waals surface area (Å²) in [6, 6.07) is 7.57. The van der Waals surface area contributed by atoms with Gasteiger partial charge in [0.1, 0.15) is 11.5 Å². The van der Waals surface area contributed by atoms with Crippen LogP contribution >= 0.6 is 0 Å².